The summed E-state index contributed by atoms with van der Waals surface area (Å²) in [7, 11) is 0. The van der Waals surface area contributed by atoms with Crippen molar-refractivity contribution in [1.29, 1.82) is 0 Å². The van der Waals surface area contributed by atoms with Crippen LogP contribution in [0, 0.1) is 5.82 Å². The number of aromatic nitrogens is 2. The Morgan fingerprint density at radius 2 is 1.84 bits per heavy atom. The second-order valence-electron chi connectivity index (χ2n) is 4.36. The molecule has 0 bridgehead atoms. The number of anilines is 2. The Kier molecular flexibility index (Phi) is 6.49. The van der Waals surface area contributed by atoms with Crippen molar-refractivity contribution in [2.45, 2.75) is 27.2 Å². The monoisotopic (exact) mass is 269 g/mol. The van der Waals surface area contributed by atoms with Gasteiger partial charge < -0.3 is 15.5 Å². The molecule has 0 spiro atoms. The molecule has 1 heterocycles. The van der Waals surface area contributed by atoms with E-state index in [1.165, 1.54) is 0 Å². The lowest BCUT2D eigenvalue weighted by Crippen LogP contribution is -2.31. The maximum Gasteiger partial charge on any atom is 0.222 e. The van der Waals surface area contributed by atoms with Crippen molar-refractivity contribution in [3.8, 4) is 0 Å². The van der Waals surface area contributed by atoms with Crippen molar-refractivity contribution in [2.75, 3.05) is 43.4 Å². The van der Waals surface area contributed by atoms with Crippen LogP contribution in [0.15, 0.2) is 6.20 Å². The van der Waals surface area contributed by atoms with E-state index in [0.717, 1.165) is 38.8 Å². The molecule has 0 radical (unpaired) electrons. The SMILES string of the molecule is CCN(CC)CCCN(CC)c1nc(N)ncc1F. The molecule has 1 aromatic heterocycles. The molecule has 0 amide bonds. The Bertz CT molecular complexity index is 381. The highest BCUT2D eigenvalue weighted by Gasteiger charge is 2.13. The number of nitrogens with zero attached hydrogens (tertiary/aromatic N) is 4. The maximum atomic E-state index is 13.7. The molecular weight excluding hydrogens is 245 g/mol. The van der Waals surface area contributed by atoms with E-state index in [1.807, 2.05) is 11.8 Å². The molecule has 0 aliphatic heterocycles. The van der Waals surface area contributed by atoms with Crippen LogP contribution in [-0.2, 0) is 0 Å². The molecule has 0 fully saturated rings. The quantitative estimate of drug-likeness (QED) is 0.779. The summed E-state index contributed by atoms with van der Waals surface area (Å²) in [5, 5.41) is 0. The summed E-state index contributed by atoms with van der Waals surface area (Å²) in [5.74, 6) is -0.00738. The Hall–Kier alpha value is -1.43. The van der Waals surface area contributed by atoms with Crippen molar-refractivity contribution in [3.05, 3.63) is 12.0 Å². The molecule has 108 valence electrons. The van der Waals surface area contributed by atoms with E-state index in [4.69, 9.17) is 5.73 Å². The summed E-state index contributed by atoms with van der Waals surface area (Å²) in [6, 6.07) is 0. The van der Waals surface area contributed by atoms with Crippen LogP contribution in [0.25, 0.3) is 0 Å². The van der Waals surface area contributed by atoms with Crippen LogP contribution < -0.4 is 10.6 Å². The normalized spacial score (nSPS) is 11.0. The molecular formula is C13H24FN5. The first-order valence-corrected chi connectivity index (χ1v) is 6.87. The van der Waals surface area contributed by atoms with Gasteiger partial charge in [-0.2, -0.15) is 4.98 Å². The van der Waals surface area contributed by atoms with Crippen LogP contribution in [0.1, 0.15) is 27.2 Å². The summed E-state index contributed by atoms with van der Waals surface area (Å²) in [4.78, 5) is 11.9. The molecule has 0 aliphatic rings. The zero-order valence-electron chi connectivity index (χ0n) is 12.1. The lowest BCUT2D eigenvalue weighted by Gasteiger charge is -2.24. The number of hydrogen-bond donors (Lipinski definition) is 1. The maximum absolute atomic E-state index is 13.7. The van der Waals surface area contributed by atoms with Gasteiger partial charge in [-0.25, -0.2) is 9.37 Å². The van der Waals surface area contributed by atoms with Crippen molar-refractivity contribution >= 4 is 11.8 Å². The van der Waals surface area contributed by atoms with Crippen molar-refractivity contribution in [1.82, 2.24) is 14.9 Å². The predicted octanol–water partition coefficient (Wildman–Crippen LogP) is 1.76. The van der Waals surface area contributed by atoms with Gasteiger partial charge in [0.2, 0.25) is 5.95 Å². The number of hydrogen-bond acceptors (Lipinski definition) is 5. The van der Waals surface area contributed by atoms with Crippen molar-refractivity contribution in [3.63, 3.8) is 0 Å². The summed E-state index contributed by atoms with van der Waals surface area (Å²) < 4.78 is 13.7. The topological polar surface area (TPSA) is 58.3 Å². The van der Waals surface area contributed by atoms with E-state index < -0.39 is 5.82 Å². The van der Waals surface area contributed by atoms with Crippen LogP contribution in [0.5, 0.6) is 0 Å². The molecule has 0 atom stereocenters. The third kappa shape index (κ3) is 4.63. The first-order chi connectivity index (χ1) is 9.12. The fourth-order valence-corrected chi connectivity index (χ4v) is 2.03. The van der Waals surface area contributed by atoms with Gasteiger partial charge in [-0.15, -0.1) is 0 Å². The minimum atomic E-state index is -0.418. The average Bonchev–Trinajstić information content (AvgIpc) is 2.42. The Labute approximate surface area is 114 Å². The van der Waals surface area contributed by atoms with Crippen LogP contribution in [-0.4, -0.2) is 47.6 Å². The van der Waals surface area contributed by atoms with E-state index >= 15 is 0 Å². The van der Waals surface area contributed by atoms with Crippen molar-refractivity contribution < 1.29 is 4.39 Å². The largest absolute Gasteiger partial charge is 0.368 e. The molecule has 19 heavy (non-hydrogen) atoms. The number of nitrogens with two attached hydrogens (primary N) is 1. The van der Waals surface area contributed by atoms with Crippen LogP contribution >= 0.6 is 0 Å². The second kappa shape index (κ2) is 7.89. The summed E-state index contributed by atoms with van der Waals surface area (Å²) >= 11 is 0. The van der Waals surface area contributed by atoms with E-state index in [2.05, 4.69) is 28.7 Å². The highest BCUT2D eigenvalue weighted by atomic mass is 19.1. The third-order valence-corrected chi connectivity index (χ3v) is 3.22. The Morgan fingerprint density at radius 1 is 1.16 bits per heavy atom. The minimum absolute atomic E-state index is 0.110. The smallest absolute Gasteiger partial charge is 0.222 e. The summed E-state index contributed by atoms with van der Waals surface area (Å²) in [5.41, 5.74) is 5.52. The molecule has 0 aromatic carbocycles. The lowest BCUT2D eigenvalue weighted by atomic mass is 10.3. The number of rotatable bonds is 8. The molecule has 0 aliphatic carbocycles. The molecule has 5 nitrogen and oxygen atoms in total. The zero-order valence-corrected chi connectivity index (χ0v) is 12.1. The fraction of sp³-hybridized carbons (Fsp3) is 0.692. The fourth-order valence-electron chi connectivity index (χ4n) is 2.03. The van der Waals surface area contributed by atoms with Gasteiger partial charge in [0.05, 0.1) is 6.20 Å². The molecule has 0 unspecified atom stereocenters. The summed E-state index contributed by atoms with van der Waals surface area (Å²) in [6.45, 7) is 10.8. The van der Waals surface area contributed by atoms with Crippen LogP contribution in [0.2, 0.25) is 0 Å². The first-order valence-electron chi connectivity index (χ1n) is 6.87. The molecule has 0 saturated carbocycles. The minimum Gasteiger partial charge on any atom is -0.368 e. The Balaban J connectivity index is 2.60. The second-order valence-corrected chi connectivity index (χ2v) is 4.36. The number of halogens is 1. The first kappa shape index (κ1) is 15.6. The third-order valence-electron chi connectivity index (χ3n) is 3.22. The molecule has 0 saturated heterocycles. The van der Waals surface area contributed by atoms with E-state index in [-0.39, 0.29) is 5.95 Å². The van der Waals surface area contributed by atoms with Gasteiger partial charge >= 0.3 is 0 Å². The zero-order chi connectivity index (χ0) is 14.3. The predicted molar refractivity (Wildman–Crippen MR) is 76.7 cm³/mol. The highest BCUT2D eigenvalue weighted by Crippen LogP contribution is 2.16. The van der Waals surface area contributed by atoms with E-state index in [9.17, 15) is 4.39 Å². The van der Waals surface area contributed by atoms with Crippen molar-refractivity contribution in [2.24, 2.45) is 0 Å². The van der Waals surface area contributed by atoms with E-state index in [1.54, 1.807) is 0 Å². The van der Waals surface area contributed by atoms with Gasteiger partial charge in [-0.1, -0.05) is 13.8 Å². The van der Waals surface area contributed by atoms with Gasteiger partial charge in [0, 0.05) is 13.1 Å². The molecule has 6 heteroatoms. The van der Waals surface area contributed by atoms with E-state index in [0.29, 0.717) is 12.4 Å². The molecule has 2 N–H and O–H groups in total. The van der Waals surface area contributed by atoms with Gasteiger partial charge in [0.25, 0.3) is 0 Å². The molecule has 1 rings (SSSR count). The average molecular weight is 269 g/mol. The summed E-state index contributed by atoms with van der Waals surface area (Å²) in [6.07, 6.45) is 2.10. The standard InChI is InChI=1S/C13H24FN5/c1-4-18(5-2)8-7-9-19(6-3)12-11(14)10-16-13(15)17-12/h10H,4-9H2,1-3H3,(H2,15,16,17). The Morgan fingerprint density at radius 3 is 2.42 bits per heavy atom. The lowest BCUT2D eigenvalue weighted by molar-refractivity contribution is 0.300. The van der Waals surface area contributed by atoms with Gasteiger partial charge in [-0.3, -0.25) is 0 Å². The molecule has 1 aromatic rings. The van der Waals surface area contributed by atoms with Gasteiger partial charge in [0.15, 0.2) is 11.6 Å². The van der Waals surface area contributed by atoms with Crippen LogP contribution in [0.4, 0.5) is 16.2 Å². The van der Waals surface area contributed by atoms with Gasteiger partial charge in [0.1, 0.15) is 0 Å². The highest BCUT2D eigenvalue weighted by molar-refractivity contribution is 5.42. The van der Waals surface area contributed by atoms with Gasteiger partial charge in [-0.05, 0) is 33.0 Å². The van der Waals surface area contributed by atoms with Crippen LogP contribution in [0.3, 0.4) is 0 Å². The number of nitrogen functional groups attached to an aromatic ring is 1.